The Morgan fingerprint density at radius 3 is 1.90 bits per heavy atom. The normalized spacial score (nSPS) is 18.7. The van der Waals surface area contributed by atoms with Crippen molar-refractivity contribution in [2.24, 2.45) is 0 Å². The molecule has 0 N–H and O–H groups in total. The predicted molar refractivity (Wildman–Crippen MR) is 253 cm³/mol. The van der Waals surface area contributed by atoms with Crippen molar-refractivity contribution >= 4 is 41.1 Å². The SMILES string of the molecule is CC[Si](CC)(CC)O[C@H](C[C@H](\C=C/C=C\C=C\CO[Si](c1ccccc1)(c1ccccc1)C(C)(C)C)O[Si](C)(C)C(C)(C)C)C(=O)/C=C/[C@H]1CC=CC(OC(C)C)O1. The monoisotopic (exact) mass is 844 g/mol. The summed E-state index contributed by atoms with van der Waals surface area (Å²) in [7, 11) is -6.97. The van der Waals surface area contributed by atoms with E-state index < -0.39 is 37.3 Å². The summed E-state index contributed by atoms with van der Waals surface area (Å²) in [6.07, 6.45) is 19.5. The van der Waals surface area contributed by atoms with Gasteiger partial charge in [-0.05, 0) is 84.1 Å². The van der Waals surface area contributed by atoms with Crippen LogP contribution in [0.1, 0.15) is 89.0 Å². The van der Waals surface area contributed by atoms with E-state index in [0.29, 0.717) is 19.4 Å². The molecule has 1 aliphatic heterocycles. The number of hydrogen-bond acceptors (Lipinski definition) is 6. The molecule has 0 bridgehead atoms. The molecule has 0 spiro atoms. The fourth-order valence-corrected chi connectivity index (χ4v) is 15.8. The lowest BCUT2D eigenvalue weighted by Gasteiger charge is -2.42. The molecule has 0 saturated heterocycles. The van der Waals surface area contributed by atoms with Gasteiger partial charge in [0, 0.05) is 6.42 Å². The summed E-state index contributed by atoms with van der Waals surface area (Å²) in [4.78, 5) is 14.2. The van der Waals surface area contributed by atoms with Gasteiger partial charge in [-0.15, -0.1) is 0 Å². The first kappa shape index (κ1) is 49.6. The average molecular weight is 845 g/mol. The number of rotatable bonds is 22. The van der Waals surface area contributed by atoms with E-state index in [4.69, 9.17) is 22.8 Å². The van der Waals surface area contributed by atoms with E-state index in [-0.39, 0.29) is 34.2 Å². The van der Waals surface area contributed by atoms with E-state index in [1.54, 1.807) is 6.08 Å². The van der Waals surface area contributed by atoms with Crippen molar-refractivity contribution in [1.29, 1.82) is 0 Å². The van der Waals surface area contributed by atoms with Crippen molar-refractivity contribution in [1.82, 2.24) is 0 Å². The molecule has 1 aliphatic rings. The number of carbonyl (C=O) groups excluding carboxylic acids is 1. The fourth-order valence-electron chi connectivity index (χ4n) is 7.22. The maximum atomic E-state index is 14.2. The second-order valence-electron chi connectivity index (χ2n) is 18.3. The van der Waals surface area contributed by atoms with E-state index in [1.165, 1.54) is 10.4 Å². The van der Waals surface area contributed by atoms with Crippen molar-refractivity contribution in [3.05, 3.63) is 121 Å². The van der Waals surface area contributed by atoms with Crippen LogP contribution in [-0.4, -0.2) is 68.0 Å². The third-order valence-corrected chi connectivity index (χ3v) is 26.0. The minimum atomic E-state index is -2.61. The van der Waals surface area contributed by atoms with Crippen LogP contribution in [0.3, 0.4) is 0 Å². The van der Waals surface area contributed by atoms with Crippen molar-refractivity contribution in [3.63, 3.8) is 0 Å². The maximum absolute atomic E-state index is 14.2. The molecule has 1 heterocycles. The molecule has 9 heteroatoms. The van der Waals surface area contributed by atoms with Gasteiger partial charge < -0.3 is 22.8 Å². The van der Waals surface area contributed by atoms with E-state index in [2.05, 4.69) is 160 Å². The van der Waals surface area contributed by atoms with Crippen molar-refractivity contribution < 1.29 is 27.5 Å². The first-order chi connectivity index (χ1) is 27.3. The van der Waals surface area contributed by atoms with Crippen molar-refractivity contribution in [2.45, 2.75) is 161 Å². The van der Waals surface area contributed by atoms with Gasteiger partial charge in [-0.1, -0.05) is 172 Å². The van der Waals surface area contributed by atoms with Crippen LogP contribution in [0.2, 0.25) is 41.3 Å². The molecule has 0 aliphatic carbocycles. The highest BCUT2D eigenvalue weighted by Gasteiger charge is 2.50. The lowest BCUT2D eigenvalue weighted by Crippen LogP contribution is -2.66. The quantitative estimate of drug-likeness (QED) is 0.0509. The summed E-state index contributed by atoms with van der Waals surface area (Å²) >= 11 is 0. The standard InChI is InChI=1S/C49H76O6Si3/c1-14-57(15-2,16-3)55-46(45(50)37-36-41-30-28-35-47(53-41)52-40(4)5)39-42(54-56(12,13)48(6,7)8)29-22-18-17-19-27-38-51-58(49(9,10)11,43-31-23-20-24-32-43)44-33-25-21-26-34-44/h17-29,31-37,40-42,46-47H,14-16,30,38-39H2,1-13H3/b18-17-,27-19+,29-22-,37-36+/t41-,42+,46-,47?/m1/s1. The van der Waals surface area contributed by atoms with Crippen LogP contribution in [0.25, 0.3) is 0 Å². The smallest absolute Gasteiger partial charge is 0.261 e. The Morgan fingerprint density at radius 1 is 0.810 bits per heavy atom. The maximum Gasteiger partial charge on any atom is 0.261 e. The first-order valence-electron chi connectivity index (χ1n) is 21.6. The fraction of sp³-hybridized carbons (Fsp3) is 0.531. The highest BCUT2D eigenvalue weighted by Crippen LogP contribution is 2.39. The Morgan fingerprint density at radius 2 is 1.38 bits per heavy atom. The Labute approximate surface area is 356 Å². The molecule has 3 rings (SSSR count). The van der Waals surface area contributed by atoms with Gasteiger partial charge in [0.25, 0.3) is 8.32 Å². The Bertz CT molecular complexity index is 1620. The Kier molecular flexibility index (Phi) is 19.5. The Balaban J connectivity index is 1.86. The lowest BCUT2D eigenvalue weighted by molar-refractivity contribution is -0.154. The molecular weight excluding hydrogens is 769 g/mol. The highest BCUT2D eigenvalue weighted by molar-refractivity contribution is 6.99. The van der Waals surface area contributed by atoms with Gasteiger partial charge >= 0.3 is 0 Å². The minimum Gasteiger partial charge on any atom is -0.410 e. The number of carbonyl (C=O) groups is 1. The van der Waals surface area contributed by atoms with Crippen LogP contribution in [0.15, 0.2) is 121 Å². The average Bonchev–Trinajstić information content (AvgIpc) is 3.17. The minimum absolute atomic E-state index is 0.00176. The van der Waals surface area contributed by atoms with Crippen LogP contribution in [0.4, 0.5) is 0 Å². The number of benzene rings is 2. The lowest BCUT2D eigenvalue weighted by atomic mass is 10.1. The van der Waals surface area contributed by atoms with Crippen LogP contribution in [0.5, 0.6) is 0 Å². The molecular formula is C49H76O6Si3. The van der Waals surface area contributed by atoms with Gasteiger partial charge in [0.1, 0.15) is 6.10 Å². The van der Waals surface area contributed by atoms with E-state index in [1.807, 2.05) is 44.2 Å². The van der Waals surface area contributed by atoms with Crippen molar-refractivity contribution in [3.8, 4) is 0 Å². The van der Waals surface area contributed by atoms with Gasteiger partial charge in [0.15, 0.2) is 28.7 Å². The second-order valence-corrected chi connectivity index (χ2v) is 32.1. The zero-order valence-corrected chi connectivity index (χ0v) is 41.1. The second kappa shape index (κ2) is 22.7. The van der Waals surface area contributed by atoms with E-state index in [9.17, 15) is 4.79 Å². The van der Waals surface area contributed by atoms with Gasteiger partial charge in [0.2, 0.25) is 0 Å². The molecule has 1 unspecified atom stereocenters. The zero-order chi connectivity index (χ0) is 43.0. The molecule has 0 amide bonds. The predicted octanol–water partition coefficient (Wildman–Crippen LogP) is 11.6. The summed E-state index contributed by atoms with van der Waals surface area (Å²) in [5.41, 5.74) is 0. The molecule has 2 aromatic carbocycles. The number of allylic oxidation sites excluding steroid dienone is 4. The van der Waals surface area contributed by atoms with Crippen LogP contribution in [0, 0.1) is 0 Å². The molecule has 4 atom stereocenters. The highest BCUT2D eigenvalue weighted by atomic mass is 28.4. The van der Waals surface area contributed by atoms with Crippen molar-refractivity contribution in [2.75, 3.05) is 6.61 Å². The third kappa shape index (κ3) is 14.2. The summed E-state index contributed by atoms with van der Waals surface area (Å²) in [5.74, 6) is -0.0386. The molecule has 2 aromatic rings. The number of ketones is 1. The Hall–Kier alpha value is -2.74. The topological polar surface area (TPSA) is 63.2 Å². The largest absolute Gasteiger partial charge is 0.410 e. The van der Waals surface area contributed by atoms with Gasteiger partial charge in [0.05, 0.1) is 24.9 Å². The summed E-state index contributed by atoms with van der Waals surface area (Å²) in [5, 5.41) is 2.45. The zero-order valence-electron chi connectivity index (χ0n) is 38.1. The van der Waals surface area contributed by atoms with Crippen LogP contribution in [-0.2, 0) is 27.5 Å². The molecule has 6 nitrogen and oxygen atoms in total. The van der Waals surface area contributed by atoms with Gasteiger partial charge in [-0.25, -0.2) is 0 Å². The molecule has 0 aromatic heterocycles. The van der Waals surface area contributed by atoms with Gasteiger partial charge in [-0.3, -0.25) is 4.79 Å². The molecule has 58 heavy (non-hydrogen) atoms. The number of ether oxygens (including phenoxy) is 2. The molecule has 320 valence electrons. The van der Waals surface area contributed by atoms with Gasteiger partial charge in [-0.2, -0.15) is 0 Å². The van der Waals surface area contributed by atoms with E-state index >= 15 is 0 Å². The third-order valence-electron chi connectivity index (χ3n) is 11.8. The summed E-state index contributed by atoms with van der Waals surface area (Å²) in [6, 6.07) is 24.3. The molecule has 0 radical (unpaired) electrons. The summed E-state index contributed by atoms with van der Waals surface area (Å²) in [6.45, 7) is 29.3. The van der Waals surface area contributed by atoms with Crippen LogP contribution < -0.4 is 10.4 Å². The van der Waals surface area contributed by atoms with E-state index in [0.717, 1.165) is 18.1 Å². The number of hydrogen-bond donors (Lipinski definition) is 0. The summed E-state index contributed by atoms with van der Waals surface area (Å²) < 4.78 is 33.0. The molecule has 0 fully saturated rings. The molecule has 0 saturated carbocycles. The van der Waals surface area contributed by atoms with Crippen LogP contribution >= 0.6 is 0 Å². The first-order valence-corrected chi connectivity index (χ1v) is 29.0.